The van der Waals surface area contributed by atoms with Crippen LogP contribution in [0.15, 0.2) is 46.8 Å². The summed E-state index contributed by atoms with van der Waals surface area (Å²) >= 11 is 1.69. The van der Waals surface area contributed by atoms with Crippen molar-refractivity contribution in [3.05, 3.63) is 62.3 Å². The van der Waals surface area contributed by atoms with Gasteiger partial charge in [0, 0.05) is 23.1 Å². The number of hydrogen-bond acceptors (Lipinski definition) is 4. The van der Waals surface area contributed by atoms with Crippen molar-refractivity contribution in [2.24, 2.45) is 4.99 Å². The number of non-ortho nitro benzene ring substituents is 1. The van der Waals surface area contributed by atoms with Gasteiger partial charge in [0.25, 0.3) is 5.69 Å². The van der Waals surface area contributed by atoms with Crippen LogP contribution in [0.5, 0.6) is 0 Å². The summed E-state index contributed by atoms with van der Waals surface area (Å²) in [5, 5.41) is 19.3. The van der Waals surface area contributed by atoms with Crippen LogP contribution in [-0.2, 0) is 13.1 Å². The second-order valence-corrected chi connectivity index (χ2v) is 6.35. The topological polar surface area (TPSA) is 79.6 Å². The molecule has 0 aliphatic rings. The van der Waals surface area contributed by atoms with Gasteiger partial charge >= 0.3 is 0 Å². The van der Waals surface area contributed by atoms with Crippen molar-refractivity contribution >= 4 is 23.0 Å². The Morgan fingerprint density at radius 1 is 1.30 bits per heavy atom. The maximum Gasteiger partial charge on any atom is 0.269 e. The Labute approximate surface area is 139 Å². The summed E-state index contributed by atoms with van der Waals surface area (Å²) in [5.74, 6) is 0.728. The lowest BCUT2D eigenvalue weighted by molar-refractivity contribution is -0.384. The van der Waals surface area contributed by atoms with E-state index in [0.717, 1.165) is 18.1 Å². The van der Waals surface area contributed by atoms with Gasteiger partial charge in [-0.1, -0.05) is 18.2 Å². The molecule has 2 aromatic rings. The minimum atomic E-state index is -0.401. The molecule has 6 nitrogen and oxygen atoms in total. The Hall–Kier alpha value is -2.41. The van der Waals surface area contributed by atoms with Crippen molar-refractivity contribution in [3.8, 4) is 0 Å². The van der Waals surface area contributed by atoms with E-state index in [1.165, 1.54) is 17.0 Å². The van der Waals surface area contributed by atoms with Crippen molar-refractivity contribution in [1.82, 2.24) is 10.6 Å². The summed E-state index contributed by atoms with van der Waals surface area (Å²) < 4.78 is 0. The highest BCUT2D eigenvalue weighted by molar-refractivity contribution is 7.09. The molecule has 122 valence electrons. The van der Waals surface area contributed by atoms with Gasteiger partial charge in [-0.05, 0) is 30.9 Å². The zero-order valence-electron chi connectivity index (χ0n) is 13.2. The summed E-state index contributed by atoms with van der Waals surface area (Å²) in [6, 6.07) is 10.8. The van der Waals surface area contributed by atoms with Crippen LogP contribution in [0.2, 0.25) is 0 Å². The van der Waals surface area contributed by atoms with Crippen LogP contribution in [0.1, 0.15) is 24.3 Å². The molecule has 7 heteroatoms. The van der Waals surface area contributed by atoms with E-state index < -0.39 is 4.92 Å². The Balaban J connectivity index is 1.99. The van der Waals surface area contributed by atoms with Crippen LogP contribution < -0.4 is 10.6 Å². The maximum absolute atomic E-state index is 10.7. The van der Waals surface area contributed by atoms with E-state index in [9.17, 15) is 10.1 Å². The summed E-state index contributed by atoms with van der Waals surface area (Å²) in [6.07, 6.45) is 0. The zero-order chi connectivity index (χ0) is 16.7. The van der Waals surface area contributed by atoms with E-state index in [1.54, 1.807) is 23.5 Å². The third-order valence-corrected chi connectivity index (χ3v) is 3.88. The molecular weight excluding hydrogens is 312 g/mol. The summed E-state index contributed by atoms with van der Waals surface area (Å²) in [5.41, 5.74) is 1.02. The first kappa shape index (κ1) is 17.0. The molecule has 0 fully saturated rings. The molecule has 0 aliphatic carbocycles. The fraction of sp³-hybridized carbons (Fsp3) is 0.312. The minimum absolute atomic E-state index is 0.0917. The van der Waals surface area contributed by atoms with Crippen LogP contribution >= 0.6 is 11.3 Å². The number of rotatable bonds is 6. The van der Waals surface area contributed by atoms with Gasteiger partial charge in [-0.15, -0.1) is 11.3 Å². The number of guanidine groups is 1. The van der Waals surface area contributed by atoms with Gasteiger partial charge in [0.1, 0.15) is 0 Å². The van der Waals surface area contributed by atoms with Gasteiger partial charge in [0.15, 0.2) is 5.96 Å². The number of hydrogen-bond donors (Lipinski definition) is 2. The SMILES string of the molecule is CC(C)NC(=NCc1ccc([N+](=O)[O-])cc1)NCc1cccs1. The lowest BCUT2D eigenvalue weighted by Crippen LogP contribution is -2.40. The number of nitrogens with zero attached hydrogens (tertiary/aromatic N) is 2. The third-order valence-electron chi connectivity index (χ3n) is 3.00. The van der Waals surface area contributed by atoms with Crippen molar-refractivity contribution in [2.75, 3.05) is 0 Å². The summed E-state index contributed by atoms with van der Waals surface area (Å²) in [6.45, 7) is 5.28. The summed E-state index contributed by atoms with van der Waals surface area (Å²) in [4.78, 5) is 16.0. The first-order valence-corrected chi connectivity index (χ1v) is 8.23. The maximum atomic E-state index is 10.7. The smallest absolute Gasteiger partial charge is 0.269 e. The number of benzene rings is 1. The van der Waals surface area contributed by atoms with Crippen LogP contribution in [0.25, 0.3) is 0 Å². The highest BCUT2D eigenvalue weighted by Crippen LogP contribution is 2.12. The molecule has 0 saturated carbocycles. The first-order valence-electron chi connectivity index (χ1n) is 7.35. The van der Waals surface area contributed by atoms with Gasteiger partial charge in [-0.2, -0.15) is 0 Å². The molecule has 1 aromatic carbocycles. The normalized spacial score (nSPS) is 11.5. The molecule has 0 atom stereocenters. The Morgan fingerprint density at radius 3 is 2.61 bits per heavy atom. The van der Waals surface area contributed by atoms with Gasteiger partial charge in [0.2, 0.25) is 0 Å². The van der Waals surface area contributed by atoms with Gasteiger partial charge < -0.3 is 10.6 Å². The first-order chi connectivity index (χ1) is 11.0. The molecular formula is C16H20N4O2S. The molecule has 2 N–H and O–H groups in total. The molecule has 0 unspecified atom stereocenters. The fourth-order valence-corrected chi connectivity index (χ4v) is 2.55. The third kappa shape index (κ3) is 5.71. The van der Waals surface area contributed by atoms with Crippen LogP contribution in [0.3, 0.4) is 0 Å². The lowest BCUT2D eigenvalue weighted by Gasteiger charge is -2.14. The van der Waals surface area contributed by atoms with E-state index in [-0.39, 0.29) is 11.7 Å². The molecule has 23 heavy (non-hydrogen) atoms. The predicted octanol–water partition coefficient (Wildman–Crippen LogP) is 3.30. The van der Waals surface area contributed by atoms with E-state index >= 15 is 0 Å². The molecule has 0 spiro atoms. The monoisotopic (exact) mass is 332 g/mol. The van der Waals surface area contributed by atoms with Crippen molar-refractivity contribution in [2.45, 2.75) is 33.0 Å². The van der Waals surface area contributed by atoms with E-state index in [4.69, 9.17) is 0 Å². The van der Waals surface area contributed by atoms with Crippen LogP contribution in [-0.4, -0.2) is 16.9 Å². The predicted molar refractivity (Wildman–Crippen MR) is 93.7 cm³/mol. The second-order valence-electron chi connectivity index (χ2n) is 5.32. The van der Waals surface area contributed by atoms with Crippen LogP contribution in [0, 0.1) is 10.1 Å². The molecule has 0 bridgehead atoms. The highest BCUT2D eigenvalue weighted by Gasteiger charge is 2.05. The quantitative estimate of drug-likeness (QED) is 0.368. The number of nitro groups is 1. The van der Waals surface area contributed by atoms with Gasteiger partial charge in [-0.3, -0.25) is 10.1 Å². The van der Waals surface area contributed by atoms with E-state index in [2.05, 4.69) is 21.7 Å². The van der Waals surface area contributed by atoms with Crippen LogP contribution in [0.4, 0.5) is 5.69 Å². The number of nitro benzene ring substituents is 1. The largest absolute Gasteiger partial charge is 0.354 e. The molecule has 0 aliphatic heterocycles. The average molecular weight is 332 g/mol. The standard InChI is InChI=1S/C16H20N4O2S/c1-12(2)19-16(18-11-15-4-3-9-23-15)17-10-13-5-7-14(8-6-13)20(21)22/h3-9,12H,10-11H2,1-2H3,(H2,17,18,19). The minimum Gasteiger partial charge on any atom is -0.354 e. The number of thiophene rings is 1. The van der Waals surface area contributed by atoms with Crippen molar-refractivity contribution in [3.63, 3.8) is 0 Å². The molecule has 1 aromatic heterocycles. The lowest BCUT2D eigenvalue weighted by atomic mass is 10.2. The molecule has 0 amide bonds. The molecule has 1 heterocycles. The van der Waals surface area contributed by atoms with E-state index in [1.807, 2.05) is 25.3 Å². The van der Waals surface area contributed by atoms with Crippen molar-refractivity contribution < 1.29 is 4.92 Å². The number of aliphatic imine (C=N–C) groups is 1. The van der Waals surface area contributed by atoms with E-state index in [0.29, 0.717) is 6.54 Å². The Bertz CT molecular complexity index is 651. The number of nitrogens with one attached hydrogen (secondary N) is 2. The second kappa shape index (κ2) is 8.28. The van der Waals surface area contributed by atoms with Gasteiger partial charge in [-0.25, -0.2) is 4.99 Å². The zero-order valence-corrected chi connectivity index (χ0v) is 14.0. The Kier molecular flexibility index (Phi) is 6.10. The fourth-order valence-electron chi connectivity index (χ4n) is 1.90. The molecule has 0 saturated heterocycles. The van der Waals surface area contributed by atoms with Crippen molar-refractivity contribution in [1.29, 1.82) is 0 Å². The van der Waals surface area contributed by atoms with Gasteiger partial charge in [0.05, 0.1) is 18.0 Å². The Morgan fingerprint density at radius 2 is 2.04 bits per heavy atom. The molecule has 0 radical (unpaired) electrons. The summed E-state index contributed by atoms with van der Waals surface area (Å²) in [7, 11) is 0. The highest BCUT2D eigenvalue weighted by atomic mass is 32.1. The molecule has 2 rings (SSSR count). The average Bonchev–Trinajstić information content (AvgIpc) is 3.03.